The van der Waals surface area contributed by atoms with Gasteiger partial charge in [-0.25, -0.2) is 13.1 Å². The quantitative estimate of drug-likeness (QED) is 0.826. The standard InChI is InChI=1S/C10H13BrN2O3S/c1-6(2)17(15,16)13-10(14)7-3-4-9(12)8(11)5-7/h3-6H,12H2,1-2H3,(H,13,14). The number of anilines is 1. The molecule has 5 nitrogen and oxygen atoms in total. The Morgan fingerprint density at radius 1 is 1.41 bits per heavy atom. The van der Waals surface area contributed by atoms with E-state index in [2.05, 4.69) is 15.9 Å². The molecule has 0 atom stereocenters. The Bertz CT molecular complexity index is 540. The minimum Gasteiger partial charge on any atom is -0.398 e. The van der Waals surface area contributed by atoms with Gasteiger partial charge >= 0.3 is 0 Å². The van der Waals surface area contributed by atoms with Crippen LogP contribution in [0.3, 0.4) is 0 Å². The summed E-state index contributed by atoms with van der Waals surface area (Å²) < 4.78 is 25.5. The second-order valence-corrected chi connectivity index (χ2v) is 6.85. The molecule has 0 unspecified atom stereocenters. The number of nitrogens with two attached hydrogens (primary N) is 1. The van der Waals surface area contributed by atoms with Crippen LogP contribution in [0.1, 0.15) is 24.2 Å². The molecule has 3 N–H and O–H groups in total. The second kappa shape index (κ2) is 5.05. The van der Waals surface area contributed by atoms with E-state index in [-0.39, 0.29) is 5.56 Å². The molecule has 0 saturated heterocycles. The van der Waals surface area contributed by atoms with E-state index < -0.39 is 21.2 Å². The van der Waals surface area contributed by atoms with Gasteiger partial charge in [0.1, 0.15) is 0 Å². The Hall–Kier alpha value is -1.08. The molecule has 94 valence electrons. The third-order valence-electron chi connectivity index (χ3n) is 2.12. The number of carbonyl (C=O) groups is 1. The van der Waals surface area contributed by atoms with Crippen LogP contribution in [-0.4, -0.2) is 19.6 Å². The average molecular weight is 321 g/mol. The predicted molar refractivity (Wildman–Crippen MR) is 70.1 cm³/mol. The molecule has 0 aromatic heterocycles. The van der Waals surface area contributed by atoms with Gasteiger partial charge in [0, 0.05) is 15.7 Å². The maximum absolute atomic E-state index is 11.7. The van der Waals surface area contributed by atoms with Crippen LogP contribution in [0, 0.1) is 0 Å². The lowest BCUT2D eigenvalue weighted by Gasteiger charge is -2.10. The Morgan fingerprint density at radius 2 is 2.00 bits per heavy atom. The molecular formula is C10H13BrN2O3S. The predicted octanol–water partition coefficient (Wildman–Crippen LogP) is 1.50. The van der Waals surface area contributed by atoms with Crippen molar-refractivity contribution in [2.45, 2.75) is 19.1 Å². The number of sulfonamides is 1. The van der Waals surface area contributed by atoms with Crippen LogP contribution in [0.4, 0.5) is 5.69 Å². The Kier molecular flexibility index (Phi) is 4.16. The van der Waals surface area contributed by atoms with Crippen LogP contribution in [-0.2, 0) is 10.0 Å². The van der Waals surface area contributed by atoms with Crippen molar-refractivity contribution in [3.63, 3.8) is 0 Å². The molecule has 7 heteroatoms. The highest BCUT2D eigenvalue weighted by molar-refractivity contribution is 9.10. The number of nitrogens with one attached hydrogen (secondary N) is 1. The zero-order valence-electron chi connectivity index (χ0n) is 9.40. The van der Waals surface area contributed by atoms with Crippen molar-refractivity contribution < 1.29 is 13.2 Å². The molecule has 1 rings (SSSR count). The van der Waals surface area contributed by atoms with Crippen molar-refractivity contribution in [2.75, 3.05) is 5.73 Å². The number of hydrogen-bond donors (Lipinski definition) is 2. The maximum atomic E-state index is 11.7. The summed E-state index contributed by atoms with van der Waals surface area (Å²) >= 11 is 3.17. The molecule has 0 aliphatic heterocycles. The Morgan fingerprint density at radius 3 is 2.47 bits per heavy atom. The summed E-state index contributed by atoms with van der Waals surface area (Å²) in [5.41, 5.74) is 6.28. The van der Waals surface area contributed by atoms with Gasteiger partial charge in [-0.05, 0) is 48.0 Å². The number of hydrogen-bond acceptors (Lipinski definition) is 4. The van der Waals surface area contributed by atoms with E-state index in [9.17, 15) is 13.2 Å². The maximum Gasteiger partial charge on any atom is 0.264 e. The van der Waals surface area contributed by atoms with Crippen molar-refractivity contribution in [1.29, 1.82) is 0 Å². The van der Waals surface area contributed by atoms with Gasteiger partial charge in [-0.2, -0.15) is 0 Å². The zero-order chi connectivity index (χ0) is 13.2. The lowest BCUT2D eigenvalue weighted by atomic mass is 10.2. The van der Waals surface area contributed by atoms with Gasteiger partial charge in [0.15, 0.2) is 0 Å². The molecule has 1 aromatic carbocycles. The molecular weight excluding hydrogens is 308 g/mol. The molecule has 1 amide bonds. The van der Waals surface area contributed by atoms with Gasteiger partial charge in [-0.15, -0.1) is 0 Å². The first-order valence-electron chi connectivity index (χ1n) is 4.85. The van der Waals surface area contributed by atoms with E-state index in [1.54, 1.807) is 0 Å². The van der Waals surface area contributed by atoms with Crippen molar-refractivity contribution >= 4 is 37.5 Å². The van der Waals surface area contributed by atoms with Crippen LogP contribution in [0.5, 0.6) is 0 Å². The van der Waals surface area contributed by atoms with Crippen molar-refractivity contribution in [1.82, 2.24) is 4.72 Å². The number of nitrogen functional groups attached to an aromatic ring is 1. The minimum absolute atomic E-state index is 0.232. The number of halogens is 1. The molecule has 0 bridgehead atoms. The first-order valence-corrected chi connectivity index (χ1v) is 7.19. The normalized spacial score (nSPS) is 11.5. The van der Waals surface area contributed by atoms with Gasteiger partial charge in [-0.1, -0.05) is 0 Å². The average Bonchev–Trinajstić information content (AvgIpc) is 2.21. The van der Waals surface area contributed by atoms with E-state index in [0.717, 1.165) is 0 Å². The first kappa shape index (κ1) is 14.0. The molecule has 0 aliphatic carbocycles. The van der Waals surface area contributed by atoms with Crippen LogP contribution >= 0.6 is 15.9 Å². The number of rotatable bonds is 3. The summed E-state index contributed by atoms with van der Waals surface area (Å²) in [7, 11) is -3.61. The van der Waals surface area contributed by atoms with Gasteiger partial charge in [0.25, 0.3) is 5.91 Å². The SMILES string of the molecule is CC(C)S(=O)(=O)NC(=O)c1ccc(N)c(Br)c1. The van der Waals surface area contributed by atoms with E-state index in [4.69, 9.17) is 5.73 Å². The van der Waals surface area contributed by atoms with Gasteiger partial charge in [0.05, 0.1) is 5.25 Å². The number of amides is 1. The summed E-state index contributed by atoms with van der Waals surface area (Å²) in [5.74, 6) is -0.667. The molecule has 0 radical (unpaired) electrons. The smallest absolute Gasteiger partial charge is 0.264 e. The van der Waals surface area contributed by atoms with Crippen LogP contribution in [0.25, 0.3) is 0 Å². The van der Waals surface area contributed by atoms with E-state index in [0.29, 0.717) is 10.2 Å². The van der Waals surface area contributed by atoms with E-state index >= 15 is 0 Å². The third kappa shape index (κ3) is 3.44. The topological polar surface area (TPSA) is 89.3 Å². The first-order chi connectivity index (χ1) is 7.74. The summed E-state index contributed by atoms with van der Waals surface area (Å²) in [6.45, 7) is 2.99. The van der Waals surface area contributed by atoms with Crippen LogP contribution in [0.15, 0.2) is 22.7 Å². The summed E-state index contributed by atoms with van der Waals surface area (Å²) in [6.07, 6.45) is 0. The van der Waals surface area contributed by atoms with Crippen molar-refractivity contribution in [3.05, 3.63) is 28.2 Å². The molecule has 0 fully saturated rings. The molecule has 1 aromatic rings. The Labute approximate surface area is 109 Å². The van der Waals surface area contributed by atoms with E-state index in [1.165, 1.54) is 32.0 Å². The Balaban J connectivity index is 2.95. The van der Waals surface area contributed by atoms with Gasteiger partial charge in [-0.3, -0.25) is 4.79 Å². The van der Waals surface area contributed by atoms with Crippen LogP contribution in [0.2, 0.25) is 0 Å². The summed E-state index contributed by atoms with van der Waals surface area (Å²) in [5, 5.41) is -0.663. The van der Waals surface area contributed by atoms with Crippen molar-refractivity contribution in [3.8, 4) is 0 Å². The zero-order valence-corrected chi connectivity index (χ0v) is 11.8. The second-order valence-electron chi connectivity index (χ2n) is 3.76. The van der Waals surface area contributed by atoms with Crippen molar-refractivity contribution in [2.24, 2.45) is 0 Å². The molecule has 0 aliphatic rings. The highest BCUT2D eigenvalue weighted by atomic mass is 79.9. The van der Waals surface area contributed by atoms with Crippen LogP contribution < -0.4 is 10.5 Å². The fourth-order valence-electron chi connectivity index (χ4n) is 0.974. The minimum atomic E-state index is -3.61. The van der Waals surface area contributed by atoms with Gasteiger partial charge in [0.2, 0.25) is 10.0 Å². The molecule has 0 spiro atoms. The fraction of sp³-hybridized carbons (Fsp3) is 0.300. The van der Waals surface area contributed by atoms with E-state index in [1.807, 2.05) is 4.72 Å². The summed E-state index contributed by atoms with van der Waals surface area (Å²) in [4.78, 5) is 11.7. The highest BCUT2D eigenvalue weighted by Gasteiger charge is 2.20. The molecule has 0 heterocycles. The lowest BCUT2D eigenvalue weighted by Crippen LogP contribution is -2.35. The fourth-order valence-corrected chi connectivity index (χ4v) is 1.97. The van der Waals surface area contributed by atoms with Gasteiger partial charge < -0.3 is 5.73 Å². The molecule has 17 heavy (non-hydrogen) atoms. The summed E-state index contributed by atoms with van der Waals surface area (Å²) in [6, 6.07) is 4.47. The third-order valence-corrected chi connectivity index (χ3v) is 4.52. The lowest BCUT2D eigenvalue weighted by molar-refractivity contribution is 0.0981. The molecule has 0 saturated carbocycles. The largest absolute Gasteiger partial charge is 0.398 e. The highest BCUT2D eigenvalue weighted by Crippen LogP contribution is 2.20. The number of carbonyl (C=O) groups excluding carboxylic acids is 1. The monoisotopic (exact) mass is 320 g/mol. The number of benzene rings is 1.